The predicted octanol–water partition coefficient (Wildman–Crippen LogP) is 5.11. The van der Waals surface area contributed by atoms with Gasteiger partial charge in [-0.3, -0.25) is 0 Å². The van der Waals surface area contributed by atoms with Crippen LogP contribution in [0.2, 0.25) is 0 Å². The molecule has 2 nitrogen and oxygen atoms in total. The summed E-state index contributed by atoms with van der Waals surface area (Å²) in [6.45, 7) is 3.86. The van der Waals surface area contributed by atoms with Crippen molar-refractivity contribution in [2.24, 2.45) is 0 Å². The Kier molecular flexibility index (Phi) is 4.29. The molecule has 2 aromatic rings. The van der Waals surface area contributed by atoms with Gasteiger partial charge >= 0.3 is 0 Å². The third-order valence-corrected chi connectivity index (χ3v) is 4.09. The fourth-order valence-electron chi connectivity index (χ4n) is 1.70. The number of H-pyrrole nitrogens is 1. The summed E-state index contributed by atoms with van der Waals surface area (Å²) in [6, 6.07) is 1.76. The molecule has 0 aliphatic carbocycles. The lowest BCUT2D eigenvalue weighted by Crippen LogP contribution is -2.01. The van der Waals surface area contributed by atoms with Crippen LogP contribution in [0.4, 0.5) is 13.2 Å². The monoisotopic (exact) mass is 362 g/mol. The maximum absolute atomic E-state index is 13.3. The number of halogens is 4. The van der Waals surface area contributed by atoms with Crippen LogP contribution in [-0.2, 0) is 0 Å². The molecule has 1 N–H and O–H groups in total. The van der Waals surface area contributed by atoms with Gasteiger partial charge in [0.1, 0.15) is 10.5 Å². The van der Waals surface area contributed by atoms with Gasteiger partial charge in [-0.15, -0.1) is 0 Å². The molecule has 1 aromatic heterocycles. The first-order valence-electron chi connectivity index (χ1n) is 5.76. The van der Waals surface area contributed by atoms with Crippen LogP contribution in [0, 0.1) is 22.1 Å². The summed E-state index contributed by atoms with van der Waals surface area (Å²) >= 11 is 8.42. The van der Waals surface area contributed by atoms with E-state index >= 15 is 0 Å². The van der Waals surface area contributed by atoms with E-state index in [2.05, 4.69) is 25.9 Å². The Bertz CT molecular complexity index is 705. The number of hydrogen-bond acceptors (Lipinski definition) is 2. The van der Waals surface area contributed by atoms with Crippen molar-refractivity contribution < 1.29 is 13.2 Å². The average molecular weight is 363 g/mol. The summed E-state index contributed by atoms with van der Waals surface area (Å²) in [5, 5.41) is 0. The van der Waals surface area contributed by atoms with Crippen molar-refractivity contribution in [3.63, 3.8) is 0 Å². The number of nitrogens with one attached hydrogen (secondary N) is 1. The van der Waals surface area contributed by atoms with E-state index in [1.54, 1.807) is 0 Å². The van der Waals surface area contributed by atoms with Crippen molar-refractivity contribution >= 4 is 28.1 Å². The summed E-state index contributed by atoms with van der Waals surface area (Å²) in [5.74, 6) is -3.75. The van der Waals surface area contributed by atoms with Crippen LogP contribution in [0.5, 0.6) is 0 Å². The molecule has 7 heteroatoms. The van der Waals surface area contributed by atoms with Gasteiger partial charge in [0, 0.05) is 11.3 Å². The first-order valence-corrected chi connectivity index (χ1v) is 6.96. The normalized spacial score (nSPS) is 11.2. The molecule has 0 saturated carbocycles. The molecule has 0 unspecified atom stereocenters. The molecular weight excluding hydrogens is 353 g/mol. The minimum Gasteiger partial charge on any atom is -0.342 e. The Morgan fingerprint density at radius 2 is 1.75 bits per heavy atom. The molecule has 2 rings (SSSR count). The van der Waals surface area contributed by atoms with E-state index < -0.39 is 17.5 Å². The van der Waals surface area contributed by atoms with E-state index in [9.17, 15) is 13.2 Å². The van der Waals surface area contributed by atoms with Gasteiger partial charge in [0.05, 0.1) is 4.47 Å². The van der Waals surface area contributed by atoms with Crippen LogP contribution in [0.3, 0.4) is 0 Å². The van der Waals surface area contributed by atoms with Crippen LogP contribution in [0.1, 0.15) is 25.5 Å². The van der Waals surface area contributed by atoms with E-state index in [1.807, 2.05) is 13.8 Å². The molecule has 106 valence electrons. The van der Waals surface area contributed by atoms with Gasteiger partial charge in [0.15, 0.2) is 17.5 Å². The maximum atomic E-state index is 13.3. The van der Waals surface area contributed by atoms with Crippen LogP contribution < -0.4 is 0 Å². The van der Waals surface area contributed by atoms with Gasteiger partial charge in [0.2, 0.25) is 0 Å². The van der Waals surface area contributed by atoms with E-state index in [0.717, 1.165) is 17.8 Å². The molecule has 0 radical (unpaired) electrons. The fourth-order valence-corrected chi connectivity index (χ4v) is 2.55. The molecule has 0 spiro atoms. The Labute approximate surface area is 127 Å². The molecular formula is C13H10BrF3N2S. The third kappa shape index (κ3) is 2.78. The van der Waals surface area contributed by atoms with Crippen molar-refractivity contribution in [2.45, 2.75) is 19.8 Å². The van der Waals surface area contributed by atoms with Crippen LogP contribution >= 0.6 is 28.1 Å². The highest BCUT2D eigenvalue weighted by molar-refractivity contribution is 9.10. The molecule has 20 heavy (non-hydrogen) atoms. The highest BCUT2D eigenvalue weighted by atomic mass is 79.9. The minimum absolute atomic E-state index is 0.0990. The highest BCUT2D eigenvalue weighted by Crippen LogP contribution is 2.27. The van der Waals surface area contributed by atoms with Crippen molar-refractivity contribution in [3.05, 3.63) is 44.4 Å². The molecule has 0 atom stereocenters. The zero-order valence-electron chi connectivity index (χ0n) is 10.6. The van der Waals surface area contributed by atoms with Gasteiger partial charge in [0.25, 0.3) is 0 Å². The summed E-state index contributed by atoms with van der Waals surface area (Å²) in [5.41, 5.74) is 0.854. The lowest BCUT2D eigenvalue weighted by Gasteiger charge is -2.11. The number of aromatic amines is 1. The maximum Gasteiger partial charge on any atom is 0.194 e. The summed E-state index contributed by atoms with van der Waals surface area (Å²) in [6.07, 6.45) is 0. The first kappa shape index (κ1) is 15.2. The summed E-state index contributed by atoms with van der Waals surface area (Å²) in [4.78, 5) is 7.02. The second kappa shape index (κ2) is 5.65. The summed E-state index contributed by atoms with van der Waals surface area (Å²) < 4.78 is 40.4. The van der Waals surface area contributed by atoms with Crippen molar-refractivity contribution in [1.82, 2.24) is 9.97 Å². The summed E-state index contributed by atoms with van der Waals surface area (Å²) in [7, 11) is 0. The Morgan fingerprint density at radius 1 is 1.20 bits per heavy atom. The number of aromatic nitrogens is 2. The molecule has 1 heterocycles. The number of hydrogen-bond donors (Lipinski definition) is 1. The fraction of sp³-hybridized carbons (Fsp3) is 0.231. The lowest BCUT2D eigenvalue weighted by atomic mass is 10.1. The second-order valence-electron chi connectivity index (χ2n) is 4.53. The van der Waals surface area contributed by atoms with Gasteiger partial charge in [-0.05, 0) is 34.0 Å². The van der Waals surface area contributed by atoms with Crippen molar-refractivity contribution in [3.8, 4) is 11.4 Å². The lowest BCUT2D eigenvalue weighted by molar-refractivity contribution is 0.447. The van der Waals surface area contributed by atoms with Gasteiger partial charge in [-0.25, -0.2) is 18.2 Å². The zero-order valence-corrected chi connectivity index (χ0v) is 13.0. The standard InChI is InChI=1S/C13H10BrF3N2S/c1-5(2)11-9(14)13(20)19-12(18-11)6-3-7(15)10(17)8(16)4-6/h3-5H,1-2H3,(H,18,19,20). The second-order valence-corrected chi connectivity index (χ2v) is 5.71. The largest absolute Gasteiger partial charge is 0.342 e. The number of rotatable bonds is 2. The Balaban J connectivity index is 2.68. The van der Waals surface area contributed by atoms with Gasteiger partial charge in [-0.1, -0.05) is 26.1 Å². The van der Waals surface area contributed by atoms with E-state index in [1.165, 1.54) is 0 Å². The Morgan fingerprint density at radius 3 is 2.25 bits per heavy atom. The molecule has 0 amide bonds. The highest BCUT2D eigenvalue weighted by Gasteiger charge is 2.15. The van der Waals surface area contributed by atoms with Crippen LogP contribution in [-0.4, -0.2) is 9.97 Å². The molecule has 0 fully saturated rings. The van der Waals surface area contributed by atoms with E-state index in [-0.39, 0.29) is 21.9 Å². The molecule has 0 bridgehead atoms. The Hall–Kier alpha value is -1.21. The average Bonchev–Trinajstić information content (AvgIpc) is 2.38. The minimum atomic E-state index is -1.51. The zero-order chi connectivity index (χ0) is 15.0. The van der Waals surface area contributed by atoms with E-state index in [0.29, 0.717) is 4.47 Å². The van der Waals surface area contributed by atoms with Gasteiger partial charge < -0.3 is 4.98 Å². The topological polar surface area (TPSA) is 28.7 Å². The molecule has 0 saturated heterocycles. The first-order chi connectivity index (χ1) is 9.31. The van der Waals surface area contributed by atoms with Crippen LogP contribution in [0.15, 0.2) is 16.6 Å². The smallest absolute Gasteiger partial charge is 0.194 e. The third-order valence-electron chi connectivity index (χ3n) is 2.73. The van der Waals surface area contributed by atoms with E-state index in [4.69, 9.17) is 12.2 Å². The molecule has 0 aliphatic heterocycles. The number of benzene rings is 1. The SMILES string of the molecule is CC(C)c1[nH]c(-c2cc(F)c(F)c(F)c2)nc(=S)c1Br. The number of nitrogens with zero attached hydrogens (tertiary/aromatic N) is 1. The van der Waals surface area contributed by atoms with Crippen molar-refractivity contribution in [1.29, 1.82) is 0 Å². The molecule has 1 aromatic carbocycles. The molecule has 0 aliphatic rings. The van der Waals surface area contributed by atoms with Crippen molar-refractivity contribution in [2.75, 3.05) is 0 Å². The quantitative estimate of drug-likeness (QED) is 0.593. The predicted molar refractivity (Wildman–Crippen MR) is 76.5 cm³/mol. The van der Waals surface area contributed by atoms with Crippen LogP contribution in [0.25, 0.3) is 11.4 Å². The van der Waals surface area contributed by atoms with Gasteiger partial charge in [-0.2, -0.15) is 0 Å².